The number of aromatic nitrogens is 7. The quantitative estimate of drug-likeness (QED) is 0.175. The number of benzene rings is 1. The van der Waals surface area contributed by atoms with E-state index < -0.39 is 37.0 Å². The average molecular weight is 558 g/mol. The van der Waals surface area contributed by atoms with Gasteiger partial charge in [0.2, 0.25) is 5.82 Å². The molecule has 37 heavy (non-hydrogen) atoms. The average Bonchev–Trinajstić information content (AvgIpc) is 3.40. The van der Waals surface area contributed by atoms with Crippen molar-refractivity contribution in [1.29, 1.82) is 0 Å². The van der Waals surface area contributed by atoms with Crippen LogP contribution in [0.2, 0.25) is 10.0 Å². The molecule has 1 amide bonds. The number of rotatable bonds is 7. The van der Waals surface area contributed by atoms with E-state index in [1.807, 2.05) is 5.43 Å². The van der Waals surface area contributed by atoms with Crippen molar-refractivity contribution in [3.63, 3.8) is 0 Å². The molecule has 3 aromatic heterocycles. The SMILES string of the molecule is NNC(=O)c1nc(Cn2nc(-c3ccc(Cl)cc3)n(CC(O)C(F)(F)F)c2=O)nn1-c1ncccc1Cl. The molecule has 1 aromatic carbocycles. The number of halogens is 5. The van der Waals surface area contributed by atoms with Crippen molar-refractivity contribution in [3.8, 4) is 17.2 Å². The lowest BCUT2D eigenvalue weighted by molar-refractivity contribution is -0.207. The number of nitrogens with two attached hydrogens (primary N) is 1. The van der Waals surface area contributed by atoms with Gasteiger partial charge in [-0.1, -0.05) is 23.2 Å². The first-order valence-electron chi connectivity index (χ1n) is 10.3. The summed E-state index contributed by atoms with van der Waals surface area (Å²) in [6.45, 7) is -1.58. The standard InChI is InChI=1S/C20H16Cl2F3N9O3/c21-11-5-3-10(4-6-11)15-31-33(19(37)32(15)8-13(35)20(23,24)25)9-14-28-17(18(36)29-26)34(30-14)16-12(22)2-1-7-27-16/h1-7,13,35H,8-9,26H2,(H,29,36). The molecule has 4 rings (SSSR count). The van der Waals surface area contributed by atoms with E-state index in [-0.39, 0.29) is 33.9 Å². The van der Waals surface area contributed by atoms with Crippen molar-refractivity contribution in [3.05, 3.63) is 74.8 Å². The minimum absolute atomic E-state index is 0.0366. The summed E-state index contributed by atoms with van der Waals surface area (Å²) < 4.78 is 41.6. The zero-order valence-electron chi connectivity index (χ0n) is 18.4. The van der Waals surface area contributed by atoms with Gasteiger partial charge in [-0.3, -0.25) is 14.8 Å². The summed E-state index contributed by atoms with van der Waals surface area (Å²) >= 11 is 12.0. The first-order valence-corrected chi connectivity index (χ1v) is 11.0. The molecule has 1 atom stereocenters. The van der Waals surface area contributed by atoms with Gasteiger partial charge in [-0.25, -0.2) is 25.3 Å². The van der Waals surface area contributed by atoms with E-state index in [2.05, 4.69) is 20.2 Å². The molecule has 0 radical (unpaired) electrons. The number of hydrazine groups is 1. The Hall–Kier alpha value is -3.79. The zero-order chi connectivity index (χ0) is 26.9. The van der Waals surface area contributed by atoms with E-state index in [1.54, 1.807) is 6.07 Å². The Balaban J connectivity index is 1.79. The van der Waals surface area contributed by atoms with Gasteiger partial charge in [-0.2, -0.15) is 17.9 Å². The monoisotopic (exact) mass is 557 g/mol. The summed E-state index contributed by atoms with van der Waals surface area (Å²) in [5.74, 6) is 3.78. The van der Waals surface area contributed by atoms with E-state index in [1.165, 1.54) is 36.5 Å². The number of nitrogens with one attached hydrogen (secondary N) is 1. The van der Waals surface area contributed by atoms with Crippen LogP contribution in [0.4, 0.5) is 13.2 Å². The van der Waals surface area contributed by atoms with E-state index in [9.17, 15) is 27.9 Å². The number of carbonyl (C=O) groups excluding carboxylic acids is 1. The highest BCUT2D eigenvalue weighted by molar-refractivity contribution is 6.32. The van der Waals surface area contributed by atoms with Crippen LogP contribution >= 0.6 is 23.2 Å². The van der Waals surface area contributed by atoms with Crippen LogP contribution in [0.15, 0.2) is 47.4 Å². The number of nitrogen functional groups attached to an aromatic ring is 1. The topological polar surface area (TPSA) is 159 Å². The van der Waals surface area contributed by atoms with Crippen molar-refractivity contribution in [2.75, 3.05) is 0 Å². The second kappa shape index (κ2) is 10.3. The molecule has 0 fully saturated rings. The summed E-state index contributed by atoms with van der Waals surface area (Å²) in [6, 6.07) is 8.86. The Bertz CT molecular complexity index is 1500. The molecule has 0 saturated carbocycles. The summed E-state index contributed by atoms with van der Waals surface area (Å²) in [5.41, 5.74) is 1.17. The van der Waals surface area contributed by atoms with E-state index in [0.717, 1.165) is 9.36 Å². The van der Waals surface area contributed by atoms with Crippen LogP contribution in [-0.4, -0.2) is 57.4 Å². The molecule has 3 heterocycles. The molecule has 12 nitrogen and oxygen atoms in total. The van der Waals surface area contributed by atoms with Crippen molar-refractivity contribution >= 4 is 29.1 Å². The highest BCUT2D eigenvalue weighted by Gasteiger charge is 2.39. The molecule has 0 bridgehead atoms. The third-order valence-corrected chi connectivity index (χ3v) is 5.52. The summed E-state index contributed by atoms with van der Waals surface area (Å²) in [6.07, 6.45) is -6.42. The lowest BCUT2D eigenvalue weighted by atomic mass is 10.2. The molecule has 0 aliphatic carbocycles. The number of hydrogen-bond donors (Lipinski definition) is 3. The second-order valence-corrected chi connectivity index (χ2v) is 8.33. The third-order valence-electron chi connectivity index (χ3n) is 4.97. The van der Waals surface area contributed by atoms with Crippen LogP contribution in [0.3, 0.4) is 0 Å². The summed E-state index contributed by atoms with van der Waals surface area (Å²) in [7, 11) is 0. The van der Waals surface area contributed by atoms with E-state index in [4.69, 9.17) is 29.0 Å². The number of aliphatic hydroxyl groups excluding tert-OH is 1. The molecule has 0 saturated heterocycles. The van der Waals surface area contributed by atoms with Gasteiger partial charge in [0.05, 0.1) is 11.6 Å². The maximum atomic E-state index is 13.1. The number of alkyl halides is 3. The maximum Gasteiger partial charge on any atom is 0.416 e. The van der Waals surface area contributed by atoms with Crippen LogP contribution in [-0.2, 0) is 13.1 Å². The molecular formula is C20H16Cl2F3N9O3. The predicted molar refractivity (Wildman–Crippen MR) is 124 cm³/mol. The van der Waals surface area contributed by atoms with Gasteiger partial charge in [0, 0.05) is 16.8 Å². The van der Waals surface area contributed by atoms with Gasteiger partial charge < -0.3 is 5.11 Å². The fourth-order valence-corrected chi connectivity index (χ4v) is 3.57. The van der Waals surface area contributed by atoms with Crippen LogP contribution in [0.5, 0.6) is 0 Å². The molecule has 194 valence electrons. The van der Waals surface area contributed by atoms with Gasteiger partial charge in [0.25, 0.3) is 0 Å². The fraction of sp³-hybridized carbons (Fsp3) is 0.200. The first kappa shape index (κ1) is 26.3. The Morgan fingerprint density at radius 2 is 1.86 bits per heavy atom. The van der Waals surface area contributed by atoms with Crippen molar-refractivity contribution in [2.24, 2.45) is 5.84 Å². The highest BCUT2D eigenvalue weighted by atomic mass is 35.5. The Morgan fingerprint density at radius 3 is 2.49 bits per heavy atom. The van der Waals surface area contributed by atoms with Crippen molar-refractivity contribution in [2.45, 2.75) is 25.4 Å². The van der Waals surface area contributed by atoms with E-state index >= 15 is 0 Å². The van der Waals surface area contributed by atoms with Crippen LogP contribution < -0.4 is 17.0 Å². The third kappa shape index (κ3) is 5.48. The van der Waals surface area contributed by atoms with Crippen LogP contribution in [0, 0.1) is 0 Å². The number of hydrogen-bond acceptors (Lipinski definition) is 8. The molecule has 0 spiro atoms. The molecule has 0 aliphatic rings. The highest BCUT2D eigenvalue weighted by Crippen LogP contribution is 2.24. The van der Waals surface area contributed by atoms with Gasteiger partial charge in [0.1, 0.15) is 6.54 Å². The maximum absolute atomic E-state index is 13.1. The zero-order valence-corrected chi connectivity index (χ0v) is 19.9. The van der Waals surface area contributed by atoms with Gasteiger partial charge in [-0.05, 0) is 36.4 Å². The largest absolute Gasteiger partial charge is 0.416 e. The molecular weight excluding hydrogens is 542 g/mol. The normalized spacial score (nSPS) is 12.5. The smallest absolute Gasteiger partial charge is 0.382 e. The molecule has 1 unspecified atom stereocenters. The number of nitrogens with zero attached hydrogens (tertiary/aromatic N) is 7. The Kier molecular flexibility index (Phi) is 7.31. The lowest BCUT2D eigenvalue weighted by Crippen LogP contribution is -2.37. The van der Waals surface area contributed by atoms with Gasteiger partial charge >= 0.3 is 17.8 Å². The van der Waals surface area contributed by atoms with Crippen LogP contribution in [0.1, 0.15) is 16.4 Å². The predicted octanol–water partition coefficient (Wildman–Crippen LogP) is 1.57. The number of aliphatic hydroxyl groups is 1. The van der Waals surface area contributed by atoms with Crippen LogP contribution in [0.25, 0.3) is 17.2 Å². The van der Waals surface area contributed by atoms with Gasteiger partial charge in [0.15, 0.2) is 23.6 Å². The minimum Gasteiger partial charge on any atom is -0.382 e. The molecule has 4 N–H and O–H groups in total. The van der Waals surface area contributed by atoms with Crippen molar-refractivity contribution < 1.29 is 23.1 Å². The van der Waals surface area contributed by atoms with Crippen molar-refractivity contribution in [1.82, 2.24) is 39.5 Å². The molecule has 17 heteroatoms. The number of pyridine rings is 1. The molecule has 0 aliphatic heterocycles. The Labute approximate surface area is 215 Å². The summed E-state index contributed by atoms with van der Waals surface area (Å²) in [4.78, 5) is 33.5. The van der Waals surface area contributed by atoms with Gasteiger partial charge in [-0.15, -0.1) is 10.2 Å². The fourth-order valence-electron chi connectivity index (χ4n) is 3.25. The van der Waals surface area contributed by atoms with E-state index in [0.29, 0.717) is 9.59 Å². The molecule has 4 aromatic rings. The number of carbonyl (C=O) groups is 1. The first-order chi connectivity index (χ1) is 17.5. The Morgan fingerprint density at radius 1 is 1.16 bits per heavy atom. The second-order valence-electron chi connectivity index (χ2n) is 7.48. The minimum atomic E-state index is -4.98. The number of amides is 1. The lowest BCUT2D eigenvalue weighted by Gasteiger charge is -2.15. The summed E-state index contributed by atoms with van der Waals surface area (Å²) in [5, 5.41) is 18.4.